The first-order valence-corrected chi connectivity index (χ1v) is 11.0. The lowest BCUT2D eigenvalue weighted by molar-refractivity contribution is 0.0610. The summed E-state index contributed by atoms with van der Waals surface area (Å²) in [5, 5.41) is 10.6. The molecular weight excluding hydrogens is 404 g/mol. The van der Waals surface area contributed by atoms with Crippen LogP contribution in [-0.4, -0.2) is 61.2 Å². The summed E-state index contributed by atoms with van der Waals surface area (Å²) in [4.78, 5) is 2.26. The molecule has 0 saturated carbocycles. The molecule has 0 aliphatic rings. The zero-order chi connectivity index (χ0) is 22.6. The molecule has 0 saturated heterocycles. The van der Waals surface area contributed by atoms with Crippen molar-refractivity contribution in [2.45, 2.75) is 25.6 Å². The van der Waals surface area contributed by atoms with Crippen molar-refractivity contribution in [3.05, 3.63) is 84.2 Å². The summed E-state index contributed by atoms with van der Waals surface area (Å²) in [7, 11) is 3.40. The van der Waals surface area contributed by atoms with Crippen molar-refractivity contribution in [3.8, 4) is 11.5 Å². The van der Waals surface area contributed by atoms with Crippen molar-refractivity contribution in [2.24, 2.45) is 0 Å². The number of benzene rings is 2. The number of aliphatic hydroxyl groups excluding tert-OH is 1. The molecule has 0 aliphatic carbocycles. The monoisotopic (exact) mass is 438 g/mol. The van der Waals surface area contributed by atoms with Crippen LogP contribution in [0.2, 0.25) is 0 Å². The molecule has 1 aromatic heterocycles. The van der Waals surface area contributed by atoms with E-state index in [0.717, 1.165) is 37.6 Å². The minimum Gasteiger partial charge on any atom is -0.497 e. The largest absolute Gasteiger partial charge is 0.497 e. The van der Waals surface area contributed by atoms with E-state index in [0.29, 0.717) is 13.2 Å². The van der Waals surface area contributed by atoms with E-state index in [9.17, 15) is 5.11 Å². The Labute approximate surface area is 191 Å². The van der Waals surface area contributed by atoms with Gasteiger partial charge >= 0.3 is 0 Å². The van der Waals surface area contributed by atoms with Gasteiger partial charge in [-0.1, -0.05) is 30.3 Å². The third-order valence-corrected chi connectivity index (χ3v) is 5.27. The van der Waals surface area contributed by atoms with Gasteiger partial charge in [-0.25, -0.2) is 0 Å². The van der Waals surface area contributed by atoms with Gasteiger partial charge in [-0.2, -0.15) is 0 Å². The zero-order valence-electron chi connectivity index (χ0n) is 19.0. The first kappa shape index (κ1) is 23.9. The van der Waals surface area contributed by atoms with Gasteiger partial charge in [0, 0.05) is 51.8 Å². The molecule has 1 atom stereocenters. The SMILES string of the molecule is COCCCN(Cc1cccn1Cc1cccc(OC)c1)CC(O)COc1ccccc1. The molecule has 0 fully saturated rings. The van der Waals surface area contributed by atoms with Crippen LogP contribution >= 0.6 is 0 Å². The molecule has 0 amide bonds. The van der Waals surface area contributed by atoms with Crippen LogP contribution in [0, 0.1) is 0 Å². The number of ether oxygens (including phenoxy) is 3. The lowest BCUT2D eigenvalue weighted by atomic mass is 10.2. The summed E-state index contributed by atoms with van der Waals surface area (Å²) in [6, 6.07) is 21.9. The average molecular weight is 439 g/mol. The minimum atomic E-state index is -0.584. The first-order chi connectivity index (χ1) is 15.7. The predicted molar refractivity (Wildman–Crippen MR) is 126 cm³/mol. The first-order valence-electron chi connectivity index (χ1n) is 11.0. The number of aliphatic hydroxyl groups is 1. The molecule has 0 radical (unpaired) electrons. The van der Waals surface area contributed by atoms with Crippen molar-refractivity contribution in [1.82, 2.24) is 9.47 Å². The van der Waals surface area contributed by atoms with E-state index in [1.165, 1.54) is 11.3 Å². The van der Waals surface area contributed by atoms with Crippen LogP contribution < -0.4 is 9.47 Å². The molecule has 6 heteroatoms. The summed E-state index contributed by atoms with van der Waals surface area (Å²) in [5.74, 6) is 1.63. The molecule has 3 rings (SSSR count). The smallest absolute Gasteiger partial charge is 0.119 e. The van der Waals surface area contributed by atoms with Crippen LogP contribution in [0.25, 0.3) is 0 Å². The maximum Gasteiger partial charge on any atom is 0.119 e. The van der Waals surface area contributed by atoms with E-state index in [1.807, 2.05) is 42.5 Å². The molecule has 1 unspecified atom stereocenters. The van der Waals surface area contributed by atoms with Gasteiger partial charge in [-0.15, -0.1) is 0 Å². The Morgan fingerprint density at radius 3 is 2.56 bits per heavy atom. The summed E-state index contributed by atoms with van der Waals surface area (Å²) >= 11 is 0. The lowest BCUT2D eigenvalue weighted by Gasteiger charge is -2.26. The van der Waals surface area contributed by atoms with Gasteiger partial charge in [0.15, 0.2) is 0 Å². The van der Waals surface area contributed by atoms with Gasteiger partial charge in [0.2, 0.25) is 0 Å². The van der Waals surface area contributed by atoms with Gasteiger partial charge in [0.25, 0.3) is 0 Å². The summed E-state index contributed by atoms with van der Waals surface area (Å²) < 4.78 is 18.6. The summed E-state index contributed by atoms with van der Waals surface area (Å²) in [6.07, 6.45) is 2.41. The molecule has 32 heavy (non-hydrogen) atoms. The Bertz CT molecular complexity index is 913. The fourth-order valence-electron chi connectivity index (χ4n) is 3.67. The van der Waals surface area contributed by atoms with Crippen molar-refractivity contribution in [3.63, 3.8) is 0 Å². The molecule has 0 spiro atoms. The number of para-hydroxylation sites is 1. The Hall–Kier alpha value is -2.80. The van der Waals surface area contributed by atoms with E-state index in [2.05, 4.69) is 39.9 Å². The highest BCUT2D eigenvalue weighted by Crippen LogP contribution is 2.16. The summed E-state index contributed by atoms with van der Waals surface area (Å²) in [6.45, 7) is 3.82. The van der Waals surface area contributed by atoms with Crippen LogP contribution in [0.15, 0.2) is 72.9 Å². The average Bonchev–Trinajstić information content (AvgIpc) is 3.25. The fourth-order valence-corrected chi connectivity index (χ4v) is 3.67. The van der Waals surface area contributed by atoms with Crippen LogP contribution in [0.5, 0.6) is 11.5 Å². The maximum atomic E-state index is 10.6. The van der Waals surface area contributed by atoms with Crippen LogP contribution in [0.1, 0.15) is 17.7 Å². The third kappa shape index (κ3) is 7.71. The third-order valence-electron chi connectivity index (χ3n) is 5.27. The molecule has 1 N–H and O–H groups in total. The summed E-state index contributed by atoms with van der Waals surface area (Å²) in [5.41, 5.74) is 2.38. The van der Waals surface area contributed by atoms with Crippen LogP contribution in [-0.2, 0) is 17.8 Å². The van der Waals surface area contributed by atoms with E-state index in [4.69, 9.17) is 14.2 Å². The molecule has 172 valence electrons. The highest BCUT2D eigenvalue weighted by atomic mass is 16.5. The number of rotatable bonds is 14. The van der Waals surface area contributed by atoms with Crippen molar-refractivity contribution < 1.29 is 19.3 Å². The van der Waals surface area contributed by atoms with Gasteiger partial charge in [-0.05, 0) is 48.4 Å². The highest BCUT2D eigenvalue weighted by Gasteiger charge is 2.15. The van der Waals surface area contributed by atoms with E-state index < -0.39 is 6.10 Å². The highest BCUT2D eigenvalue weighted by molar-refractivity contribution is 5.29. The van der Waals surface area contributed by atoms with E-state index >= 15 is 0 Å². The Morgan fingerprint density at radius 2 is 1.78 bits per heavy atom. The second-order valence-electron chi connectivity index (χ2n) is 7.84. The molecule has 3 aromatic rings. The number of hydrogen-bond donors (Lipinski definition) is 1. The van der Waals surface area contributed by atoms with Gasteiger partial charge in [0.1, 0.15) is 24.2 Å². The zero-order valence-corrected chi connectivity index (χ0v) is 19.0. The standard InChI is InChI=1S/C26H34N2O4/c1-30-16-8-14-27(20-24(29)21-32-25-11-4-3-5-12-25)19-23-10-7-15-28(23)18-22-9-6-13-26(17-22)31-2/h3-7,9-13,15,17,24,29H,8,14,16,18-21H2,1-2H3. The van der Waals surface area contributed by atoms with Gasteiger partial charge in [-0.3, -0.25) is 4.90 Å². The molecule has 1 heterocycles. The number of aromatic nitrogens is 1. The number of hydrogen-bond acceptors (Lipinski definition) is 5. The topological polar surface area (TPSA) is 56.1 Å². The Morgan fingerprint density at radius 1 is 0.969 bits per heavy atom. The second-order valence-corrected chi connectivity index (χ2v) is 7.84. The fraction of sp³-hybridized carbons (Fsp3) is 0.385. The Kier molecular flexibility index (Phi) is 9.62. The lowest BCUT2D eigenvalue weighted by Crippen LogP contribution is -2.36. The minimum absolute atomic E-state index is 0.260. The van der Waals surface area contributed by atoms with Gasteiger partial charge < -0.3 is 23.9 Å². The molecule has 0 bridgehead atoms. The van der Waals surface area contributed by atoms with E-state index in [-0.39, 0.29) is 6.61 Å². The van der Waals surface area contributed by atoms with E-state index in [1.54, 1.807) is 14.2 Å². The molecule has 6 nitrogen and oxygen atoms in total. The molecule has 0 aliphatic heterocycles. The van der Waals surface area contributed by atoms with Crippen molar-refractivity contribution in [2.75, 3.05) is 40.5 Å². The van der Waals surface area contributed by atoms with Gasteiger partial charge in [0.05, 0.1) is 7.11 Å². The second kappa shape index (κ2) is 12.9. The Balaban J connectivity index is 1.61. The molecule has 2 aromatic carbocycles. The number of methoxy groups -OCH3 is 2. The number of nitrogens with zero attached hydrogens (tertiary/aromatic N) is 2. The van der Waals surface area contributed by atoms with Crippen LogP contribution in [0.4, 0.5) is 0 Å². The van der Waals surface area contributed by atoms with Crippen LogP contribution in [0.3, 0.4) is 0 Å². The van der Waals surface area contributed by atoms with Crippen molar-refractivity contribution in [1.29, 1.82) is 0 Å². The molecular formula is C26H34N2O4. The van der Waals surface area contributed by atoms with Crippen molar-refractivity contribution >= 4 is 0 Å². The quantitative estimate of drug-likeness (QED) is 0.388. The predicted octanol–water partition coefficient (Wildman–Crippen LogP) is 3.82. The maximum absolute atomic E-state index is 10.6. The normalized spacial score (nSPS) is 12.1.